The van der Waals surface area contributed by atoms with Crippen LogP contribution in [-0.4, -0.2) is 16.1 Å². The summed E-state index contributed by atoms with van der Waals surface area (Å²) in [5.74, 6) is -0.863. The van der Waals surface area contributed by atoms with Gasteiger partial charge in [-0.2, -0.15) is 0 Å². The Morgan fingerprint density at radius 2 is 1.23 bits per heavy atom. The molecule has 168 valence electrons. The van der Waals surface area contributed by atoms with E-state index in [1.807, 2.05) is 6.07 Å². The van der Waals surface area contributed by atoms with Gasteiger partial charge in [-0.15, -0.1) is 0 Å². The number of benzene rings is 1. The molecule has 0 spiro atoms. The Hall–Kier alpha value is -1.77. The van der Waals surface area contributed by atoms with Crippen molar-refractivity contribution in [1.82, 2.24) is 4.98 Å². The number of carboxylic acids is 1. The number of fused-ring (bicyclic) bond motifs is 1. The maximum Gasteiger partial charge on any atom is 0.335 e. The van der Waals surface area contributed by atoms with Crippen LogP contribution in [0.3, 0.4) is 0 Å². The third-order valence-corrected chi connectivity index (χ3v) is 6.22. The van der Waals surface area contributed by atoms with Gasteiger partial charge in [0.2, 0.25) is 0 Å². The number of aromatic amines is 1. The smallest absolute Gasteiger partial charge is 0.335 e. The molecule has 3 heteroatoms. The zero-order valence-electron chi connectivity index (χ0n) is 19.2. The summed E-state index contributed by atoms with van der Waals surface area (Å²) in [4.78, 5) is 14.5. The number of H-pyrrole nitrogens is 1. The van der Waals surface area contributed by atoms with E-state index in [2.05, 4.69) is 18.0 Å². The first-order valence-electron chi connectivity index (χ1n) is 12.6. The topological polar surface area (TPSA) is 53.1 Å². The van der Waals surface area contributed by atoms with E-state index in [1.165, 1.54) is 108 Å². The van der Waals surface area contributed by atoms with Gasteiger partial charge in [0, 0.05) is 16.6 Å². The molecule has 0 saturated carbocycles. The molecule has 0 aliphatic heterocycles. The second kappa shape index (κ2) is 15.1. The predicted molar refractivity (Wildman–Crippen MR) is 129 cm³/mol. The van der Waals surface area contributed by atoms with Crippen LogP contribution in [0.4, 0.5) is 0 Å². The number of hydrogen-bond acceptors (Lipinski definition) is 1. The fourth-order valence-electron chi connectivity index (χ4n) is 4.32. The third kappa shape index (κ3) is 9.82. The number of aryl methyl sites for hydroxylation is 1. The van der Waals surface area contributed by atoms with Crippen molar-refractivity contribution in [2.24, 2.45) is 0 Å². The van der Waals surface area contributed by atoms with Crippen LogP contribution in [0, 0.1) is 0 Å². The minimum Gasteiger partial charge on any atom is -0.478 e. The summed E-state index contributed by atoms with van der Waals surface area (Å²) in [6.45, 7) is 2.28. The van der Waals surface area contributed by atoms with Gasteiger partial charge >= 0.3 is 5.97 Å². The minimum absolute atomic E-state index is 0.357. The molecular formula is C27H43NO2. The van der Waals surface area contributed by atoms with E-state index >= 15 is 0 Å². The Morgan fingerprint density at radius 3 is 1.73 bits per heavy atom. The molecule has 2 rings (SSSR count). The largest absolute Gasteiger partial charge is 0.478 e. The van der Waals surface area contributed by atoms with Gasteiger partial charge in [-0.25, -0.2) is 4.79 Å². The molecule has 30 heavy (non-hydrogen) atoms. The first-order chi connectivity index (χ1) is 14.7. The summed E-state index contributed by atoms with van der Waals surface area (Å²) in [7, 11) is 0. The van der Waals surface area contributed by atoms with Crippen molar-refractivity contribution < 1.29 is 9.90 Å². The Morgan fingerprint density at radius 1 is 0.733 bits per heavy atom. The van der Waals surface area contributed by atoms with Crippen LogP contribution >= 0.6 is 0 Å². The highest BCUT2D eigenvalue weighted by Crippen LogP contribution is 2.19. The molecule has 0 aliphatic rings. The van der Waals surface area contributed by atoms with Crippen LogP contribution in [0.15, 0.2) is 24.3 Å². The number of nitrogens with one attached hydrogen (secondary N) is 1. The highest BCUT2D eigenvalue weighted by molar-refractivity contribution is 5.93. The van der Waals surface area contributed by atoms with Crippen LogP contribution in [-0.2, 0) is 6.42 Å². The lowest BCUT2D eigenvalue weighted by Gasteiger charge is -2.03. The van der Waals surface area contributed by atoms with Crippen molar-refractivity contribution in [3.63, 3.8) is 0 Å². The van der Waals surface area contributed by atoms with Gasteiger partial charge < -0.3 is 10.1 Å². The number of carbonyl (C=O) groups is 1. The fourth-order valence-corrected chi connectivity index (χ4v) is 4.32. The Labute approximate surface area is 183 Å². The zero-order valence-corrected chi connectivity index (χ0v) is 19.2. The second-order valence-electron chi connectivity index (χ2n) is 8.96. The first-order valence-corrected chi connectivity index (χ1v) is 12.6. The quantitative estimate of drug-likeness (QED) is 0.240. The van der Waals surface area contributed by atoms with Gasteiger partial charge in [0.05, 0.1) is 5.56 Å². The monoisotopic (exact) mass is 413 g/mol. The van der Waals surface area contributed by atoms with E-state index in [0.717, 1.165) is 17.3 Å². The third-order valence-electron chi connectivity index (χ3n) is 6.22. The van der Waals surface area contributed by atoms with Crippen LogP contribution in [0.2, 0.25) is 0 Å². The summed E-state index contributed by atoms with van der Waals surface area (Å²) in [6.07, 6.45) is 23.3. The molecule has 0 fully saturated rings. The van der Waals surface area contributed by atoms with Crippen molar-refractivity contribution in [2.75, 3.05) is 0 Å². The predicted octanol–water partition coefficient (Wildman–Crippen LogP) is 8.67. The number of carboxylic acid groups (broad SMARTS) is 1. The molecule has 2 aromatic rings. The van der Waals surface area contributed by atoms with Crippen LogP contribution in [0.25, 0.3) is 10.9 Å². The van der Waals surface area contributed by atoms with Crippen LogP contribution in [0.5, 0.6) is 0 Å². The molecule has 0 aliphatic carbocycles. The molecule has 0 atom stereocenters. The van der Waals surface area contributed by atoms with Crippen molar-refractivity contribution in [3.8, 4) is 0 Å². The van der Waals surface area contributed by atoms with Gasteiger partial charge in [-0.1, -0.05) is 103 Å². The molecule has 0 saturated heterocycles. The summed E-state index contributed by atoms with van der Waals surface area (Å²) in [5.41, 5.74) is 2.61. The number of aromatic nitrogens is 1. The molecule has 0 amide bonds. The molecule has 2 N–H and O–H groups in total. The SMILES string of the molecule is CCCCCCCCCCCCCCCCCCc1cc2cc(C(=O)O)ccc2[nH]1. The van der Waals surface area contributed by atoms with Crippen LogP contribution < -0.4 is 0 Å². The van der Waals surface area contributed by atoms with Crippen molar-refractivity contribution in [1.29, 1.82) is 0 Å². The molecule has 1 aromatic carbocycles. The van der Waals surface area contributed by atoms with Gasteiger partial charge in [-0.3, -0.25) is 0 Å². The lowest BCUT2D eigenvalue weighted by molar-refractivity contribution is 0.0697. The van der Waals surface area contributed by atoms with Crippen molar-refractivity contribution in [2.45, 2.75) is 116 Å². The molecule has 1 heterocycles. The maximum atomic E-state index is 11.1. The van der Waals surface area contributed by atoms with E-state index in [9.17, 15) is 4.79 Å². The lowest BCUT2D eigenvalue weighted by atomic mass is 10.0. The average Bonchev–Trinajstić information content (AvgIpc) is 3.15. The Bertz CT molecular complexity index is 719. The lowest BCUT2D eigenvalue weighted by Crippen LogP contribution is -1.94. The Balaban J connectivity index is 1.41. The van der Waals surface area contributed by atoms with E-state index in [4.69, 9.17) is 5.11 Å². The van der Waals surface area contributed by atoms with Gasteiger partial charge in [0.15, 0.2) is 0 Å². The van der Waals surface area contributed by atoms with E-state index in [1.54, 1.807) is 12.1 Å². The van der Waals surface area contributed by atoms with Gasteiger partial charge in [0.25, 0.3) is 0 Å². The number of rotatable bonds is 18. The summed E-state index contributed by atoms with van der Waals surface area (Å²) in [5, 5.41) is 10.1. The molecule has 0 radical (unpaired) electrons. The van der Waals surface area contributed by atoms with Crippen LogP contribution in [0.1, 0.15) is 126 Å². The minimum atomic E-state index is -0.863. The molecule has 3 nitrogen and oxygen atoms in total. The molecule has 0 unspecified atom stereocenters. The first kappa shape index (κ1) is 24.5. The standard InChI is InChI=1S/C27H43NO2/c1-2-3-4-5-6-7-8-9-10-11-12-13-14-15-16-17-18-25-22-24-21-23(27(29)30)19-20-26(24)28-25/h19-22,28H,2-18H2,1H3,(H,29,30). The van der Waals surface area contributed by atoms with E-state index < -0.39 is 5.97 Å². The average molecular weight is 414 g/mol. The van der Waals surface area contributed by atoms with Gasteiger partial charge in [0.1, 0.15) is 0 Å². The summed E-state index contributed by atoms with van der Waals surface area (Å²) >= 11 is 0. The molecule has 1 aromatic heterocycles. The Kier molecular flexibility index (Phi) is 12.3. The van der Waals surface area contributed by atoms with Crippen molar-refractivity contribution in [3.05, 3.63) is 35.5 Å². The fraction of sp³-hybridized carbons (Fsp3) is 0.667. The zero-order chi connectivity index (χ0) is 21.4. The number of unbranched alkanes of at least 4 members (excludes halogenated alkanes) is 15. The normalized spacial score (nSPS) is 11.4. The summed E-state index contributed by atoms with van der Waals surface area (Å²) in [6, 6.07) is 7.40. The second-order valence-corrected chi connectivity index (χ2v) is 8.96. The number of aromatic carboxylic acids is 1. The van der Waals surface area contributed by atoms with E-state index in [0.29, 0.717) is 5.56 Å². The number of hydrogen-bond donors (Lipinski definition) is 2. The highest BCUT2D eigenvalue weighted by atomic mass is 16.4. The maximum absolute atomic E-state index is 11.1. The highest BCUT2D eigenvalue weighted by Gasteiger charge is 2.06. The molecular weight excluding hydrogens is 370 g/mol. The van der Waals surface area contributed by atoms with Gasteiger partial charge in [-0.05, 0) is 37.1 Å². The van der Waals surface area contributed by atoms with Crippen molar-refractivity contribution >= 4 is 16.9 Å². The summed E-state index contributed by atoms with van der Waals surface area (Å²) < 4.78 is 0. The van der Waals surface area contributed by atoms with E-state index in [-0.39, 0.29) is 0 Å². The molecule has 0 bridgehead atoms.